The molecule has 2 aliphatic heterocycles. The lowest BCUT2D eigenvalue weighted by atomic mass is 10.0. The quantitative estimate of drug-likeness (QED) is 0.157. The molecule has 3 rings (SSSR count). The molecule has 190 valence electrons. The van der Waals surface area contributed by atoms with Gasteiger partial charge in [-0.25, -0.2) is 0 Å². The molecule has 0 radical (unpaired) electrons. The van der Waals surface area contributed by atoms with E-state index in [0.717, 1.165) is 51.0 Å². The van der Waals surface area contributed by atoms with Crippen LogP contribution in [0.5, 0.6) is 0 Å². The van der Waals surface area contributed by atoms with Crippen LogP contribution in [-0.2, 0) is 11.0 Å². The number of nitrogens with zero attached hydrogens (tertiary/aromatic N) is 2. The van der Waals surface area contributed by atoms with Gasteiger partial charge in [-0.1, -0.05) is 12.7 Å². The second-order valence-corrected chi connectivity index (χ2v) is 8.38. The lowest BCUT2D eigenvalue weighted by Crippen LogP contribution is -2.28. The number of hydrogen-bond acceptors (Lipinski definition) is 4. The van der Waals surface area contributed by atoms with Gasteiger partial charge in [-0.15, -0.1) is 0 Å². The minimum atomic E-state index is -4.88. The first-order valence-corrected chi connectivity index (χ1v) is 10.9. The number of anilines is 2. The first-order chi connectivity index (χ1) is 16.3. The highest BCUT2D eigenvalue weighted by Crippen LogP contribution is 2.44. The molecule has 2 bridgehead atoms. The van der Waals surface area contributed by atoms with Crippen LogP contribution >= 0.6 is 0 Å². The Morgan fingerprint density at radius 3 is 2.17 bits per heavy atom. The molecule has 0 spiro atoms. The average Bonchev–Trinajstić information content (AvgIpc) is 3.36. The SMILES string of the molecule is C=C(C(O)=C(C=NC)C(=O)Nc1ccc(N2C3CCC2CC3)cc1C(F)(F)F)/C(=C\C)C(F)(F)F. The van der Waals surface area contributed by atoms with Crippen LogP contribution < -0.4 is 10.2 Å². The largest absolute Gasteiger partial charge is 0.506 e. The number of amides is 1. The van der Waals surface area contributed by atoms with E-state index < -0.39 is 52.0 Å². The maximum absolute atomic E-state index is 13.9. The summed E-state index contributed by atoms with van der Waals surface area (Å²) in [7, 11) is 1.18. The first kappa shape index (κ1) is 26.4. The van der Waals surface area contributed by atoms with Gasteiger partial charge in [0.05, 0.1) is 22.4 Å². The van der Waals surface area contributed by atoms with Crippen molar-refractivity contribution in [2.45, 2.75) is 57.0 Å². The summed E-state index contributed by atoms with van der Waals surface area (Å²) in [6.45, 7) is 4.26. The molecule has 0 atom stereocenters. The van der Waals surface area contributed by atoms with Crippen LogP contribution in [0.3, 0.4) is 0 Å². The van der Waals surface area contributed by atoms with Crippen molar-refractivity contribution >= 4 is 23.5 Å². The summed E-state index contributed by atoms with van der Waals surface area (Å²) in [5.74, 6) is -2.43. The second-order valence-electron chi connectivity index (χ2n) is 8.38. The van der Waals surface area contributed by atoms with Crippen molar-refractivity contribution in [3.05, 3.63) is 58.9 Å². The van der Waals surface area contributed by atoms with Crippen LogP contribution in [0.4, 0.5) is 37.7 Å². The van der Waals surface area contributed by atoms with E-state index >= 15 is 0 Å². The van der Waals surface area contributed by atoms with Gasteiger partial charge >= 0.3 is 12.4 Å². The number of fused-ring (bicyclic) bond motifs is 2. The third-order valence-corrected chi connectivity index (χ3v) is 6.27. The standard InChI is InChI=1S/C24H25F6N3O2/c1-4-18(23(25,26)27)13(2)21(34)17(12-31-3)22(35)32-20-10-9-16(11-19(20)24(28,29)30)33-14-5-6-15(33)8-7-14/h4,9-12,14-15,34H,2,5-8H2,1,3H3,(H,32,35)/b18-4+,21-17?,31-12?. The number of allylic oxidation sites excluding steroid dienone is 2. The molecule has 1 aromatic rings. The molecule has 11 heteroatoms. The Kier molecular flexibility index (Phi) is 7.37. The number of aliphatic hydroxyl groups is 1. The number of hydrogen-bond donors (Lipinski definition) is 2. The predicted molar refractivity (Wildman–Crippen MR) is 122 cm³/mol. The van der Waals surface area contributed by atoms with Gasteiger partial charge in [0.2, 0.25) is 0 Å². The number of aliphatic hydroxyl groups excluding tert-OH is 1. The van der Waals surface area contributed by atoms with Gasteiger partial charge in [-0.05, 0) is 50.8 Å². The van der Waals surface area contributed by atoms with Gasteiger partial charge in [-0.2, -0.15) is 26.3 Å². The zero-order chi connectivity index (χ0) is 26.1. The maximum atomic E-state index is 13.9. The van der Waals surface area contributed by atoms with Crippen molar-refractivity contribution in [3.63, 3.8) is 0 Å². The predicted octanol–water partition coefficient (Wildman–Crippen LogP) is 6.35. The minimum Gasteiger partial charge on any atom is -0.506 e. The second kappa shape index (κ2) is 9.79. The molecule has 1 aromatic carbocycles. The highest BCUT2D eigenvalue weighted by Gasteiger charge is 2.41. The lowest BCUT2D eigenvalue weighted by molar-refractivity contribution is -0.136. The van der Waals surface area contributed by atoms with Crippen LogP contribution in [0.2, 0.25) is 0 Å². The summed E-state index contributed by atoms with van der Waals surface area (Å²) in [6.07, 6.45) is -4.66. The van der Waals surface area contributed by atoms with Crippen LogP contribution in [0, 0.1) is 0 Å². The van der Waals surface area contributed by atoms with Gasteiger partial charge in [-0.3, -0.25) is 9.79 Å². The third kappa shape index (κ3) is 5.38. The van der Waals surface area contributed by atoms with E-state index in [1.54, 1.807) is 0 Å². The van der Waals surface area contributed by atoms with E-state index in [9.17, 15) is 36.2 Å². The van der Waals surface area contributed by atoms with Crippen molar-refractivity contribution in [2.75, 3.05) is 17.3 Å². The van der Waals surface area contributed by atoms with Crippen molar-refractivity contribution in [2.24, 2.45) is 4.99 Å². The number of nitrogens with one attached hydrogen (secondary N) is 1. The number of benzene rings is 1. The fourth-order valence-corrected chi connectivity index (χ4v) is 4.72. The topological polar surface area (TPSA) is 64.9 Å². The molecule has 1 amide bonds. The van der Waals surface area contributed by atoms with Crippen molar-refractivity contribution in [1.82, 2.24) is 0 Å². The van der Waals surface area contributed by atoms with Crippen molar-refractivity contribution in [3.8, 4) is 0 Å². The van der Waals surface area contributed by atoms with Crippen molar-refractivity contribution < 1.29 is 36.2 Å². The summed E-state index contributed by atoms with van der Waals surface area (Å²) in [5, 5.41) is 12.4. The van der Waals surface area contributed by atoms with E-state index in [4.69, 9.17) is 0 Å². The molecule has 2 aliphatic rings. The first-order valence-electron chi connectivity index (χ1n) is 10.9. The maximum Gasteiger partial charge on any atom is 0.418 e. The Labute approximate surface area is 198 Å². The molecule has 2 N–H and O–H groups in total. The number of halogens is 6. The number of carbonyl (C=O) groups excluding carboxylic acids is 1. The Bertz CT molecular complexity index is 1080. The molecule has 2 saturated heterocycles. The summed E-state index contributed by atoms with van der Waals surface area (Å²) >= 11 is 0. The smallest absolute Gasteiger partial charge is 0.418 e. The van der Waals surface area contributed by atoms with Gasteiger partial charge < -0.3 is 15.3 Å². The highest BCUT2D eigenvalue weighted by molar-refractivity contribution is 6.18. The zero-order valence-corrected chi connectivity index (χ0v) is 19.1. The third-order valence-electron chi connectivity index (χ3n) is 6.27. The molecule has 0 aliphatic carbocycles. The Hall–Kier alpha value is -3.24. The zero-order valence-electron chi connectivity index (χ0n) is 19.1. The summed E-state index contributed by atoms with van der Waals surface area (Å²) < 4.78 is 81.3. The van der Waals surface area contributed by atoms with E-state index in [-0.39, 0.29) is 12.1 Å². The van der Waals surface area contributed by atoms with Gasteiger partial charge in [0.15, 0.2) is 0 Å². The van der Waals surface area contributed by atoms with E-state index in [1.807, 2.05) is 4.90 Å². The summed E-state index contributed by atoms with van der Waals surface area (Å²) in [6, 6.07) is 3.89. The molecule has 2 heterocycles. The van der Waals surface area contributed by atoms with Gasteiger partial charge in [0.25, 0.3) is 5.91 Å². The Morgan fingerprint density at radius 1 is 1.14 bits per heavy atom. The molecule has 2 fully saturated rings. The van der Waals surface area contributed by atoms with E-state index in [1.165, 1.54) is 13.1 Å². The minimum absolute atomic E-state index is 0.175. The molecule has 0 unspecified atom stereocenters. The van der Waals surface area contributed by atoms with Gasteiger partial charge in [0.1, 0.15) is 5.76 Å². The normalized spacial score (nSPS) is 21.5. The Morgan fingerprint density at radius 2 is 1.71 bits per heavy atom. The fourth-order valence-electron chi connectivity index (χ4n) is 4.72. The summed E-state index contributed by atoms with van der Waals surface area (Å²) in [4.78, 5) is 18.3. The lowest BCUT2D eigenvalue weighted by Gasteiger charge is -2.26. The molecule has 5 nitrogen and oxygen atoms in total. The van der Waals surface area contributed by atoms with Crippen LogP contribution in [0.1, 0.15) is 38.2 Å². The molecule has 0 aromatic heterocycles. The Balaban J connectivity index is 1.97. The molecular formula is C24H25F6N3O2. The van der Waals surface area contributed by atoms with Crippen molar-refractivity contribution in [1.29, 1.82) is 0 Å². The number of rotatable bonds is 6. The van der Waals surface area contributed by atoms with Crippen LogP contribution in [0.15, 0.2) is 58.3 Å². The van der Waals surface area contributed by atoms with Crippen LogP contribution in [0.25, 0.3) is 0 Å². The molecule has 0 saturated carbocycles. The summed E-state index contributed by atoms with van der Waals surface area (Å²) in [5.41, 5.74) is -4.29. The number of aliphatic imine (C=N–C) groups is 1. The van der Waals surface area contributed by atoms with E-state index in [2.05, 4.69) is 16.9 Å². The van der Waals surface area contributed by atoms with Crippen LogP contribution in [-0.4, -0.2) is 42.5 Å². The molecular weight excluding hydrogens is 476 g/mol. The fraction of sp³-hybridized carbons (Fsp3) is 0.417. The number of carbonyl (C=O) groups is 1. The van der Waals surface area contributed by atoms with Gasteiger partial charge in [0, 0.05) is 36.6 Å². The van der Waals surface area contributed by atoms with E-state index in [0.29, 0.717) is 11.8 Å². The molecule has 35 heavy (non-hydrogen) atoms. The number of alkyl halides is 6. The monoisotopic (exact) mass is 501 g/mol. The highest BCUT2D eigenvalue weighted by atomic mass is 19.4. The average molecular weight is 501 g/mol.